The van der Waals surface area contributed by atoms with Gasteiger partial charge >= 0.3 is 0 Å². The first kappa shape index (κ1) is 41.7. The minimum atomic E-state index is 1.08. The summed E-state index contributed by atoms with van der Waals surface area (Å²) in [6.07, 6.45) is 0. The van der Waals surface area contributed by atoms with Crippen LogP contribution >= 0.6 is 0 Å². The van der Waals surface area contributed by atoms with Crippen molar-refractivity contribution in [3.8, 4) is 66.8 Å². The summed E-state index contributed by atoms with van der Waals surface area (Å²) in [5.41, 5.74) is 20.9. The van der Waals surface area contributed by atoms with Crippen LogP contribution in [0.15, 0.2) is 291 Å². The lowest BCUT2D eigenvalue weighted by molar-refractivity contribution is 1.28. The van der Waals surface area contributed by atoms with Gasteiger partial charge < -0.3 is 9.80 Å². The summed E-state index contributed by atoms with van der Waals surface area (Å²) in [4.78, 5) is 4.65. The zero-order valence-electron chi connectivity index (χ0n) is 37.6. The van der Waals surface area contributed by atoms with E-state index in [2.05, 4.69) is 301 Å². The molecule has 0 aliphatic carbocycles. The molecule has 0 aromatic heterocycles. The fraction of sp³-hybridized carbons (Fsp3) is 0. The summed E-state index contributed by atoms with van der Waals surface area (Å²) in [5, 5.41) is 0. The molecule has 11 rings (SSSR count). The Kier molecular flexibility index (Phi) is 11.8. The smallest absolute Gasteiger partial charge is 0.0462 e. The van der Waals surface area contributed by atoms with Crippen LogP contribution in [0.2, 0.25) is 0 Å². The maximum Gasteiger partial charge on any atom is 0.0462 e. The number of nitrogens with zero attached hydrogens (tertiary/aromatic N) is 2. The third-order valence-corrected chi connectivity index (χ3v) is 12.7. The van der Waals surface area contributed by atoms with E-state index in [1.165, 1.54) is 61.2 Å². The molecule has 0 atom stereocenters. The average Bonchev–Trinajstić information content (AvgIpc) is 3.43. The monoisotopic (exact) mass is 868 g/mol. The molecular formula is C66H48N2. The molecule has 0 saturated heterocycles. The second-order valence-corrected chi connectivity index (χ2v) is 17.0. The van der Waals surface area contributed by atoms with Crippen molar-refractivity contribution in [2.45, 2.75) is 0 Å². The Balaban J connectivity index is 0.905. The average molecular weight is 869 g/mol. The Morgan fingerprint density at radius 3 is 0.574 bits per heavy atom. The summed E-state index contributed by atoms with van der Waals surface area (Å²) >= 11 is 0. The highest BCUT2D eigenvalue weighted by Gasteiger charge is 2.17. The van der Waals surface area contributed by atoms with Gasteiger partial charge in [-0.25, -0.2) is 0 Å². The van der Waals surface area contributed by atoms with E-state index in [0.717, 1.165) is 39.7 Å². The van der Waals surface area contributed by atoms with Gasteiger partial charge in [0.05, 0.1) is 0 Å². The molecule has 0 aliphatic rings. The lowest BCUT2D eigenvalue weighted by atomic mass is 9.94. The Morgan fingerprint density at radius 2 is 0.309 bits per heavy atom. The van der Waals surface area contributed by atoms with Gasteiger partial charge in [0, 0.05) is 34.1 Å². The van der Waals surface area contributed by atoms with Crippen LogP contribution in [0.25, 0.3) is 66.8 Å². The van der Waals surface area contributed by atoms with Gasteiger partial charge in [0.15, 0.2) is 0 Å². The molecule has 68 heavy (non-hydrogen) atoms. The first-order valence-corrected chi connectivity index (χ1v) is 23.2. The Morgan fingerprint density at radius 1 is 0.132 bits per heavy atom. The second kappa shape index (κ2) is 19.2. The standard InChI is InChI=1S/C66H48N2/c1-5-15-49(16-6-1)51-25-29-53(30-26-51)55-33-41-61(42-34-55)68(62-43-35-56(36-44-62)54-31-27-52(28-32-54)50-17-7-2-8-18-50)64-47-39-58(40-48-64)66-24-14-13-23-65(66)57-37-45-63(46-38-57)67(59-19-9-3-10-20-59)60-21-11-4-12-22-60/h1-48H. The number of benzene rings is 11. The van der Waals surface area contributed by atoms with E-state index in [1.807, 2.05) is 0 Å². The Bertz CT molecular complexity index is 3190. The lowest BCUT2D eigenvalue weighted by Crippen LogP contribution is -2.09. The van der Waals surface area contributed by atoms with Crippen LogP contribution in [0.3, 0.4) is 0 Å². The van der Waals surface area contributed by atoms with Gasteiger partial charge in [-0.05, 0) is 140 Å². The summed E-state index contributed by atoms with van der Waals surface area (Å²) in [7, 11) is 0. The third kappa shape index (κ3) is 8.87. The van der Waals surface area contributed by atoms with Crippen molar-refractivity contribution in [2.24, 2.45) is 0 Å². The maximum absolute atomic E-state index is 2.35. The normalized spacial score (nSPS) is 10.9. The summed E-state index contributed by atoms with van der Waals surface area (Å²) in [6, 6.07) is 104. The van der Waals surface area contributed by atoms with Crippen molar-refractivity contribution in [2.75, 3.05) is 9.80 Å². The Labute approximate surface area is 400 Å². The van der Waals surface area contributed by atoms with Crippen LogP contribution in [0.5, 0.6) is 0 Å². The van der Waals surface area contributed by atoms with Crippen LogP contribution < -0.4 is 9.80 Å². The quantitative estimate of drug-likeness (QED) is 0.121. The van der Waals surface area contributed by atoms with E-state index in [1.54, 1.807) is 0 Å². The molecule has 0 spiro atoms. The Hall–Kier alpha value is -8.98. The van der Waals surface area contributed by atoms with Crippen molar-refractivity contribution < 1.29 is 0 Å². The van der Waals surface area contributed by atoms with Crippen molar-refractivity contribution in [1.29, 1.82) is 0 Å². The van der Waals surface area contributed by atoms with E-state index in [4.69, 9.17) is 0 Å². The summed E-state index contributed by atoms with van der Waals surface area (Å²) in [6.45, 7) is 0. The van der Waals surface area contributed by atoms with Crippen LogP contribution in [0.1, 0.15) is 0 Å². The highest BCUT2D eigenvalue weighted by atomic mass is 15.1. The zero-order valence-corrected chi connectivity index (χ0v) is 37.6. The number of anilines is 6. The molecule has 11 aromatic rings. The lowest BCUT2D eigenvalue weighted by Gasteiger charge is -2.26. The molecule has 322 valence electrons. The molecule has 0 fully saturated rings. The van der Waals surface area contributed by atoms with Crippen LogP contribution in [-0.2, 0) is 0 Å². The van der Waals surface area contributed by atoms with Gasteiger partial charge in [-0.3, -0.25) is 0 Å². The van der Waals surface area contributed by atoms with Crippen molar-refractivity contribution >= 4 is 34.1 Å². The number of para-hydroxylation sites is 2. The molecule has 2 heteroatoms. The molecule has 11 aromatic carbocycles. The van der Waals surface area contributed by atoms with Crippen molar-refractivity contribution in [1.82, 2.24) is 0 Å². The third-order valence-electron chi connectivity index (χ3n) is 12.7. The van der Waals surface area contributed by atoms with E-state index in [0.29, 0.717) is 0 Å². The highest BCUT2D eigenvalue weighted by Crippen LogP contribution is 2.41. The predicted octanol–water partition coefficient (Wildman–Crippen LogP) is 18.6. The summed E-state index contributed by atoms with van der Waals surface area (Å²) in [5.74, 6) is 0. The van der Waals surface area contributed by atoms with Crippen LogP contribution in [-0.4, -0.2) is 0 Å². The van der Waals surface area contributed by atoms with E-state index in [-0.39, 0.29) is 0 Å². The maximum atomic E-state index is 2.35. The summed E-state index contributed by atoms with van der Waals surface area (Å²) < 4.78 is 0. The van der Waals surface area contributed by atoms with Gasteiger partial charge in [0.1, 0.15) is 0 Å². The van der Waals surface area contributed by atoms with E-state index < -0.39 is 0 Å². The molecule has 0 radical (unpaired) electrons. The second-order valence-electron chi connectivity index (χ2n) is 17.0. The zero-order chi connectivity index (χ0) is 45.5. The SMILES string of the molecule is c1ccc(-c2ccc(-c3ccc(N(c4ccc(-c5ccc(-c6ccccc6)cc5)cc4)c4ccc(-c5ccccc5-c5ccc(N(c6ccccc6)c6ccccc6)cc5)cc4)cc3)cc2)cc1. The van der Waals surface area contributed by atoms with Crippen molar-refractivity contribution in [3.63, 3.8) is 0 Å². The van der Waals surface area contributed by atoms with E-state index in [9.17, 15) is 0 Å². The fourth-order valence-electron chi connectivity index (χ4n) is 9.19. The van der Waals surface area contributed by atoms with Crippen LogP contribution in [0.4, 0.5) is 34.1 Å². The molecular weight excluding hydrogens is 821 g/mol. The van der Waals surface area contributed by atoms with Crippen molar-refractivity contribution in [3.05, 3.63) is 291 Å². The molecule has 0 saturated carbocycles. The molecule has 0 unspecified atom stereocenters. The molecule has 0 amide bonds. The highest BCUT2D eigenvalue weighted by molar-refractivity contribution is 5.87. The first-order valence-electron chi connectivity index (χ1n) is 23.2. The fourth-order valence-corrected chi connectivity index (χ4v) is 9.19. The van der Waals surface area contributed by atoms with Gasteiger partial charge in [0.2, 0.25) is 0 Å². The molecule has 0 aliphatic heterocycles. The predicted molar refractivity (Wildman–Crippen MR) is 288 cm³/mol. The molecule has 0 N–H and O–H groups in total. The van der Waals surface area contributed by atoms with Crippen LogP contribution in [0, 0.1) is 0 Å². The topological polar surface area (TPSA) is 6.48 Å². The first-order chi connectivity index (χ1) is 33.7. The van der Waals surface area contributed by atoms with Gasteiger partial charge in [-0.2, -0.15) is 0 Å². The number of hydrogen-bond donors (Lipinski definition) is 0. The largest absolute Gasteiger partial charge is 0.311 e. The number of hydrogen-bond acceptors (Lipinski definition) is 2. The van der Waals surface area contributed by atoms with E-state index >= 15 is 0 Å². The minimum Gasteiger partial charge on any atom is -0.311 e. The van der Waals surface area contributed by atoms with Gasteiger partial charge in [0.25, 0.3) is 0 Å². The molecule has 2 nitrogen and oxygen atoms in total. The molecule has 0 heterocycles. The number of rotatable bonds is 12. The molecule has 0 bridgehead atoms. The van der Waals surface area contributed by atoms with Gasteiger partial charge in [-0.1, -0.05) is 218 Å². The minimum absolute atomic E-state index is 1.08. The van der Waals surface area contributed by atoms with Gasteiger partial charge in [-0.15, -0.1) is 0 Å².